The zero-order valence-electron chi connectivity index (χ0n) is 6.06. The van der Waals surface area contributed by atoms with E-state index < -0.39 is 17.8 Å². The number of amides is 1. The standard InChI is InChI=1S/C6H7NO5/c8-4(1-2-5(9)10)7-3-6(11)12/h3H,1-2H2,(H,9,10)(H,11,12). The molecule has 0 atom stereocenters. The van der Waals surface area contributed by atoms with Crippen LogP contribution < -0.4 is 0 Å². The first kappa shape index (κ1) is 10.3. The number of carboxylic acids is 2. The molecule has 0 aliphatic carbocycles. The summed E-state index contributed by atoms with van der Waals surface area (Å²) in [4.78, 5) is 33.2. The molecule has 0 aromatic heterocycles. The number of carboxylic acid groups (broad SMARTS) is 2. The van der Waals surface area contributed by atoms with Crippen molar-refractivity contribution in [2.24, 2.45) is 4.99 Å². The van der Waals surface area contributed by atoms with Crippen molar-refractivity contribution < 1.29 is 24.6 Å². The summed E-state index contributed by atoms with van der Waals surface area (Å²) >= 11 is 0. The average Bonchev–Trinajstić information content (AvgIpc) is 1.96. The van der Waals surface area contributed by atoms with Crippen molar-refractivity contribution in [1.82, 2.24) is 0 Å². The number of nitrogens with zero attached hydrogens (tertiary/aromatic N) is 1. The molecule has 66 valence electrons. The molecule has 0 spiro atoms. The van der Waals surface area contributed by atoms with E-state index in [1.54, 1.807) is 0 Å². The number of aliphatic imine (C=N–C) groups is 1. The number of aliphatic carboxylic acids is 2. The van der Waals surface area contributed by atoms with Gasteiger partial charge < -0.3 is 10.2 Å². The molecule has 0 saturated carbocycles. The van der Waals surface area contributed by atoms with Gasteiger partial charge in [0.15, 0.2) is 0 Å². The molecule has 0 radical (unpaired) electrons. The third-order valence-electron chi connectivity index (χ3n) is 0.872. The van der Waals surface area contributed by atoms with Crippen LogP contribution in [0.3, 0.4) is 0 Å². The van der Waals surface area contributed by atoms with Crippen LogP contribution in [0.5, 0.6) is 0 Å². The van der Waals surface area contributed by atoms with Crippen LogP contribution in [0.2, 0.25) is 0 Å². The molecule has 0 rings (SSSR count). The van der Waals surface area contributed by atoms with Gasteiger partial charge in [-0.05, 0) is 0 Å². The Morgan fingerprint density at radius 2 is 1.75 bits per heavy atom. The lowest BCUT2D eigenvalue weighted by atomic mass is 10.3. The molecule has 0 fully saturated rings. The number of carbonyl (C=O) groups excluding carboxylic acids is 1. The van der Waals surface area contributed by atoms with Gasteiger partial charge in [-0.2, -0.15) is 0 Å². The first-order valence-electron chi connectivity index (χ1n) is 3.04. The third kappa shape index (κ3) is 6.40. The smallest absolute Gasteiger partial charge is 0.347 e. The molecular weight excluding hydrogens is 166 g/mol. The van der Waals surface area contributed by atoms with E-state index >= 15 is 0 Å². The van der Waals surface area contributed by atoms with Crippen molar-refractivity contribution in [3.63, 3.8) is 0 Å². The first-order chi connectivity index (χ1) is 5.52. The number of hydrogen-bond donors (Lipinski definition) is 2. The van der Waals surface area contributed by atoms with E-state index in [2.05, 4.69) is 4.99 Å². The summed E-state index contributed by atoms with van der Waals surface area (Å²) in [6.45, 7) is 0. The predicted octanol–water partition coefficient (Wildman–Crippen LogP) is -0.467. The average molecular weight is 173 g/mol. The molecule has 0 aromatic carbocycles. The van der Waals surface area contributed by atoms with Crippen LogP contribution in [0.4, 0.5) is 0 Å². The van der Waals surface area contributed by atoms with Crippen molar-refractivity contribution >= 4 is 24.1 Å². The lowest BCUT2D eigenvalue weighted by Gasteiger charge is -1.88. The highest BCUT2D eigenvalue weighted by Gasteiger charge is 2.03. The number of rotatable bonds is 4. The van der Waals surface area contributed by atoms with Gasteiger partial charge in [-0.25, -0.2) is 9.79 Å². The van der Waals surface area contributed by atoms with E-state index in [0.717, 1.165) is 0 Å². The first-order valence-corrected chi connectivity index (χ1v) is 3.04. The van der Waals surface area contributed by atoms with Crippen LogP contribution in [-0.4, -0.2) is 34.3 Å². The van der Waals surface area contributed by atoms with Gasteiger partial charge in [0.25, 0.3) is 0 Å². The van der Waals surface area contributed by atoms with Crippen LogP contribution in [0.1, 0.15) is 12.8 Å². The molecule has 6 nitrogen and oxygen atoms in total. The highest BCUT2D eigenvalue weighted by Crippen LogP contribution is 1.90. The molecule has 0 unspecified atom stereocenters. The Hall–Kier alpha value is -1.72. The molecule has 1 amide bonds. The molecule has 0 aromatic rings. The maximum atomic E-state index is 10.5. The van der Waals surface area contributed by atoms with Gasteiger partial charge in [0.1, 0.15) is 6.21 Å². The van der Waals surface area contributed by atoms with Gasteiger partial charge in [0.05, 0.1) is 6.42 Å². The van der Waals surface area contributed by atoms with Crippen molar-refractivity contribution in [1.29, 1.82) is 0 Å². The van der Waals surface area contributed by atoms with Crippen LogP contribution in [0.25, 0.3) is 0 Å². The Labute approximate surface area is 67.5 Å². The molecule has 2 N–H and O–H groups in total. The number of hydrogen-bond acceptors (Lipinski definition) is 3. The van der Waals surface area contributed by atoms with Gasteiger partial charge in [-0.1, -0.05) is 0 Å². The highest BCUT2D eigenvalue weighted by atomic mass is 16.4. The second-order valence-electron chi connectivity index (χ2n) is 1.88. The second kappa shape index (κ2) is 5.00. The van der Waals surface area contributed by atoms with Crippen molar-refractivity contribution in [2.75, 3.05) is 0 Å². The molecule has 6 heteroatoms. The largest absolute Gasteiger partial charge is 0.481 e. The van der Waals surface area contributed by atoms with E-state index in [0.29, 0.717) is 6.21 Å². The van der Waals surface area contributed by atoms with Crippen LogP contribution in [0.15, 0.2) is 4.99 Å². The molecule has 0 heterocycles. The molecule has 0 aliphatic rings. The van der Waals surface area contributed by atoms with Gasteiger partial charge >= 0.3 is 11.9 Å². The molecule has 0 bridgehead atoms. The summed E-state index contributed by atoms with van der Waals surface area (Å²) in [5, 5.41) is 16.1. The second-order valence-corrected chi connectivity index (χ2v) is 1.88. The van der Waals surface area contributed by atoms with Gasteiger partial charge in [-0.3, -0.25) is 9.59 Å². The molecule has 0 aliphatic heterocycles. The highest BCUT2D eigenvalue weighted by molar-refractivity contribution is 6.24. The van der Waals surface area contributed by atoms with Crippen molar-refractivity contribution in [3.05, 3.63) is 0 Å². The Kier molecular flexibility index (Phi) is 4.28. The van der Waals surface area contributed by atoms with Gasteiger partial charge in [-0.15, -0.1) is 0 Å². The molecule has 12 heavy (non-hydrogen) atoms. The lowest BCUT2D eigenvalue weighted by Crippen LogP contribution is -2.03. The van der Waals surface area contributed by atoms with E-state index in [1.807, 2.05) is 0 Å². The molecule has 0 saturated heterocycles. The fraction of sp³-hybridized carbons (Fsp3) is 0.333. The molecular formula is C6H7NO5. The van der Waals surface area contributed by atoms with Crippen molar-refractivity contribution in [3.8, 4) is 0 Å². The minimum atomic E-state index is -1.33. The number of carbonyl (C=O) groups is 3. The monoisotopic (exact) mass is 173 g/mol. The normalized spacial score (nSPS) is 10.0. The van der Waals surface area contributed by atoms with Gasteiger partial charge in [0, 0.05) is 6.42 Å². The van der Waals surface area contributed by atoms with E-state index in [1.165, 1.54) is 0 Å². The third-order valence-corrected chi connectivity index (χ3v) is 0.872. The van der Waals surface area contributed by atoms with Crippen LogP contribution in [0, 0.1) is 0 Å². The zero-order chi connectivity index (χ0) is 9.56. The Bertz CT molecular complexity index is 232. The minimum absolute atomic E-state index is 0.279. The van der Waals surface area contributed by atoms with E-state index in [4.69, 9.17) is 10.2 Å². The van der Waals surface area contributed by atoms with Gasteiger partial charge in [0.2, 0.25) is 5.91 Å². The Morgan fingerprint density at radius 1 is 1.17 bits per heavy atom. The lowest BCUT2D eigenvalue weighted by molar-refractivity contribution is -0.138. The Balaban J connectivity index is 3.75. The van der Waals surface area contributed by atoms with Crippen molar-refractivity contribution in [2.45, 2.75) is 12.8 Å². The Morgan fingerprint density at radius 3 is 2.17 bits per heavy atom. The predicted molar refractivity (Wildman–Crippen MR) is 38.0 cm³/mol. The summed E-state index contributed by atoms with van der Waals surface area (Å²) in [6.07, 6.45) is -0.181. The SMILES string of the molecule is O=C(O)C=NC(=O)CCC(=O)O. The fourth-order valence-corrected chi connectivity index (χ4v) is 0.406. The fourth-order valence-electron chi connectivity index (χ4n) is 0.406. The van der Waals surface area contributed by atoms with E-state index in [9.17, 15) is 14.4 Å². The quantitative estimate of drug-likeness (QED) is 0.559. The van der Waals surface area contributed by atoms with E-state index in [-0.39, 0.29) is 12.8 Å². The maximum Gasteiger partial charge on any atom is 0.347 e. The zero-order valence-corrected chi connectivity index (χ0v) is 6.06. The summed E-state index contributed by atoms with van der Waals surface area (Å²) in [6, 6.07) is 0. The maximum absolute atomic E-state index is 10.5. The summed E-state index contributed by atoms with van der Waals surface area (Å²) in [7, 11) is 0. The minimum Gasteiger partial charge on any atom is -0.481 e. The van der Waals surface area contributed by atoms with Crippen LogP contribution in [-0.2, 0) is 14.4 Å². The summed E-state index contributed by atoms with van der Waals surface area (Å²) in [5.74, 6) is -3.20. The summed E-state index contributed by atoms with van der Waals surface area (Å²) < 4.78 is 0. The van der Waals surface area contributed by atoms with Crippen LogP contribution >= 0.6 is 0 Å². The topological polar surface area (TPSA) is 104 Å². The summed E-state index contributed by atoms with van der Waals surface area (Å²) in [5.41, 5.74) is 0.